The van der Waals surface area contributed by atoms with Gasteiger partial charge in [-0.2, -0.15) is 5.10 Å². The summed E-state index contributed by atoms with van der Waals surface area (Å²) in [5.41, 5.74) is 3.49. The van der Waals surface area contributed by atoms with Gasteiger partial charge in [0, 0.05) is 50.5 Å². The van der Waals surface area contributed by atoms with Crippen molar-refractivity contribution >= 4 is 5.82 Å². The van der Waals surface area contributed by atoms with Crippen molar-refractivity contribution in [2.75, 3.05) is 25.0 Å². The summed E-state index contributed by atoms with van der Waals surface area (Å²) in [6, 6.07) is 0. The number of nitrogens with zero attached hydrogens (tertiary/aromatic N) is 4. The van der Waals surface area contributed by atoms with E-state index in [2.05, 4.69) is 20.7 Å². The van der Waals surface area contributed by atoms with Crippen molar-refractivity contribution in [1.29, 1.82) is 0 Å². The minimum absolute atomic E-state index is 0.457. The Morgan fingerprint density at radius 2 is 2.17 bits per heavy atom. The molecule has 0 aliphatic carbocycles. The van der Waals surface area contributed by atoms with E-state index in [1.165, 1.54) is 5.56 Å². The Labute approximate surface area is 136 Å². The van der Waals surface area contributed by atoms with E-state index >= 15 is 0 Å². The molecule has 2 N–H and O–H groups in total. The number of nitrogens with one attached hydrogen (secondary N) is 2. The number of fused-ring (bicyclic) bond motifs is 1. The van der Waals surface area contributed by atoms with Gasteiger partial charge in [-0.05, 0) is 19.9 Å². The van der Waals surface area contributed by atoms with Gasteiger partial charge in [-0.15, -0.1) is 0 Å². The first-order valence-corrected chi connectivity index (χ1v) is 8.14. The smallest absolute Gasteiger partial charge is 0.156 e. The van der Waals surface area contributed by atoms with Gasteiger partial charge in [0.25, 0.3) is 0 Å². The second-order valence-corrected chi connectivity index (χ2v) is 5.68. The minimum Gasteiger partial charge on any atom is -0.374 e. The van der Waals surface area contributed by atoms with Crippen molar-refractivity contribution in [1.82, 2.24) is 25.1 Å². The van der Waals surface area contributed by atoms with Crippen LogP contribution in [0.5, 0.6) is 0 Å². The Balaban J connectivity index is 1.82. The van der Waals surface area contributed by atoms with Crippen LogP contribution in [0, 0.1) is 0 Å². The fourth-order valence-electron chi connectivity index (χ4n) is 2.75. The molecule has 0 bridgehead atoms. The molecular weight excluding hydrogens is 292 g/mol. The summed E-state index contributed by atoms with van der Waals surface area (Å²) in [6.45, 7) is 5.73. The molecule has 7 nitrogen and oxygen atoms in total. The van der Waals surface area contributed by atoms with Crippen molar-refractivity contribution in [3.63, 3.8) is 0 Å². The van der Waals surface area contributed by atoms with Crippen LogP contribution in [0.4, 0.5) is 5.82 Å². The highest BCUT2D eigenvalue weighted by Crippen LogP contribution is 2.20. The molecule has 0 fully saturated rings. The summed E-state index contributed by atoms with van der Waals surface area (Å²) in [5.74, 6) is 1.68. The number of anilines is 1. The lowest BCUT2D eigenvalue weighted by molar-refractivity contribution is 0.128. The average molecular weight is 316 g/mol. The molecular formula is C16H24N6O. The van der Waals surface area contributed by atoms with E-state index in [4.69, 9.17) is 9.72 Å². The molecule has 2 aromatic rings. The van der Waals surface area contributed by atoms with Crippen LogP contribution in [0.1, 0.15) is 29.6 Å². The molecule has 0 saturated carbocycles. The van der Waals surface area contributed by atoms with E-state index in [0.29, 0.717) is 19.8 Å². The number of hydrogen-bond donors (Lipinski definition) is 2. The summed E-state index contributed by atoms with van der Waals surface area (Å²) in [4.78, 5) is 9.38. The first-order chi connectivity index (χ1) is 11.3. The van der Waals surface area contributed by atoms with Crippen LogP contribution in [0.2, 0.25) is 0 Å². The Kier molecular flexibility index (Phi) is 5.19. The normalized spacial score (nSPS) is 14.3. The topological polar surface area (TPSA) is 76.9 Å². The van der Waals surface area contributed by atoms with Crippen LogP contribution < -0.4 is 10.6 Å². The van der Waals surface area contributed by atoms with Crippen molar-refractivity contribution < 1.29 is 4.74 Å². The standard InChI is InChI=1S/C16H24N6O/c1-3-23-11-15-20-14-5-7-17-6-4-13(14)16(21-15)18-8-12-9-19-22(2)10-12/h9-10,17H,3-8,11H2,1-2H3,(H,18,20,21). The Bertz CT molecular complexity index is 654. The summed E-state index contributed by atoms with van der Waals surface area (Å²) in [6.07, 6.45) is 5.75. The number of ether oxygens (including phenoxy) is 1. The van der Waals surface area contributed by atoms with Gasteiger partial charge < -0.3 is 15.4 Å². The van der Waals surface area contributed by atoms with E-state index in [1.807, 2.05) is 31.0 Å². The van der Waals surface area contributed by atoms with E-state index in [1.54, 1.807) is 0 Å². The lowest BCUT2D eigenvalue weighted by Gasteiger charge is -2.14. The van der Waals surface area contributed by atoms with Crippen LogP contribution in [0.3, 0.4) is 0 Å². The molecule has 7 heteroatoms. The van der Waals surface area contributed by atoms with Crippen LogP contribution in [0.25, 0.3) is 0 Å². The maximum absolute atomic E-state index is 5.48. The highest BCUT2D eigenvalue weighted by Gasteiger charge is 2.16. The highest BCUT2D eigenvalue weighted by molar-refractivity contribution is 5.48. The molecule has 0 atom stereocenters. The predicted molar refractivity (Wildman–Crippen MR) is 88.2 cm³/mol. The van der Waals surface area contributed by atoms with Crippen molar-refractivity contribution in [3.8, 4) is 0 Å². The van der Waals surface area contributed by atoms with Gasteiger partial charge >= 0.3 is 0 Å². The van der Waals surface area contributed by atoms with E-state index in [-0.39, 0.29) is 0 Å². The van der Waals surface area contributed by atoms with Gasteiger partial charge in [-0.1, -0.05) is 0 Å². The van der Waals surface area contributed by atoms with E-state index in [9.17, 15) is 0 Å². The molecule has 0 unspecified atom stereocenters. The number of aromatic nitrogens is 4. The van der Waals surface area contributed by atoms with Gasteiger partial charge in [-0.3, -0.25) is 4.68 Å². The van der Waals surface area contributed by atoms with Gasteiger partial charge in [0.1, 0.15) is 12.4 Å². The maximum atomic E-state index is 5.48. The molecule has 3 heterocycles. The summed E-state index contributed by atoms with van der Waals surface area (Å²) in [5, 5.41) is 11.1. The first-order valence-electron chi connectivity index (χ1n) is 8.14. The third-order valence-corrected chi connectivity index (χ3v) is 3.88. The molecule has 1 aliphatic heterocycles. The second-order valence-electron chi connectivity index (χ2n) is 5.68. The molecule has 0 amide bonds. The average Bonchev–Trinajstić information content (AvgIpc) is 2.82. The third kappa shape index (κ3) is 4.05. The zero-order valence-electron chi connectivity index (χ0n) is 13.8. The van der Waals surface area contributed by atoms with E-state index < -0.39 is 0 Å². The lowest BCUT2D eigenvalue weighted by atomic mass is 10.1. The zero-order chi connectivity index (χ0) is 16.1. The second kappa shape index (κ2) is 7.52. The Morgan fingerprint density at radius 1 is 1.30 bits per heavy atom. The molecule has 0 spiro atoms. The van der Waals surface area contributed by atoms with Crippen LogP contribution in [-0.2, 0) is 37.8 Å². The molecule has 2 aromatic heterocycles. The van der Waals surface area contributed by atoms with Crippen molar-refractivity contribution in [2.24, 2.45) is 7.05 Å². The summed E-state index contributed by atoms with van der Waals surface area (Å²) in [7, 11) is 1.92. The molecule has 3 rings (SSSR count). The molecule has 0 saturated heterocycles. The first kappa shape index (κ1) is 15.9. The Hall–Kier alpha value is -1.99. The SMILES string of the molecule is CCOCc1nc2c(c(NCc3cnn(C)c3)n1)CCNCC2. The van der Waals surface area contributed by atoms with Crippen LogP contribution in [-0.4, -0.2) is 39.4 Å². The van der Waals surface area contributed by atoms with Crippen LogP contribution in [0.15, 0.2) is 12.4 Å². The molecule has 124 valence electrons. The van der Waals surface area contributed by atoms with Crippen molar-refractivity contribution in [3.05, 3.63) is 35.0 Å². The van der Waals surface area contributed by atoms with Gasteiger partial charge in [0.2, 0.25) is 0 Å². The number of rotatable bonds is 6. The van der Waals surface area contributed by atoms with E-state index in [0.717, 1.165) is 48.8 Å². The Morgan fingerprint density at radius 3 is 2.96 bits per heavy atom. The summed E-state index contributed by atoms with van der Waals surface area (Å²) < 4.78 is 7.29. The minimum atomic E-state index is 0.457. The quantitative estimate of drug-likeness (QED) is 0.829. The fourth-order valence-corrected chi connectivity index (χ4v) is 2.75. The molecule has 1 aliphatic rings. The fraction of sp³-hybridized carbons (Fsp3) is 0.562. The number of hydrogen-bond acceptors (Lipinski definition) is 6. The highest BCUT2D eigenvalue weighted by atomic mass is 16.5. The predicted octanol–water partition coefficient (Wildman–Crippen LogP) is 1.05. The molecule has 23 heavy (non-hydrogen) atoms. The van der Waals surface area contributed by atoms with Crippen molar-refractivity contribution in [2.45, 2.75) is 32.9 Å². The number of aryl methyl sites for hydroxylation is 1. The lowest BCUT2D eigenvalue weighted by Crippen LogP contribution is -2.16. The third-order valence-electron chi connectivity index (χ3n) is 3.88. The molecule has 0 aromatic carbocycles. The zero-order valence-corrected chi connectivity index (χ0v) is 13.8. The van der Waals surface area contributed by atoms with Gasteiger partial charge in [0.05, 0.1) is 11.9 Å². The molecule has 0 radical (unpaired) electrons. The monoisotopic (exact) mass is 316 g/mol. The van der Waals surface area contributed by atoms with Gasteiger partial charge in [0.15, 0.2) is 5.82 Å². The van der Waals surface area contributed by atoms with Crippen LogP contribution >= 0.6 is 0 Å². The maximum Gasteiger partial charge on any atom is 0.156 e. The van der Waals surface area contributed by atoms with Gasteiger partial charge in [-0.25, -0.2) is 9.97 Å². The largest absolute Gasteiger partial charge is 0.374 e. The summed E-state index contributed by atoms with van der Waals surface area (Å²) >= 11 is 0.